The molecule has 0 spiro atoms. The van der Waals surface area contributed by atoms with Gasteiger partial charge in [-0.1, -0.05) is 13.8 Å². The highest BCUT2D eigenvalue weighted by molar-refractivity contribution is 5.06. The molecule has 100 valence electrons. The van der Waals surface area contributed by atoms with Gasteiger partial charge in [-0.05, 0) is 39.2 Å². The van der Waals surface area contributed by atoms with Crippen molar-refractivity contribution in [2.45, 2.75) is 64.2 Å². The van der Waals surface area contributed by atoms with Gasteiger partial charge >= 0.3 is 0 Å². The molecule has 17 heavy (non-hydrogen) atoms. The van der Waals surface area contributed by atoms with Crippen LogP contribution in [0.15, 0.2) is 0 Å². The summed E-state index contributed by atoms with van der Waals surface area (Å²) < 4.78 is 11.7. The third-order valence-electron chi connectivity index (χ3n) is 4.97. The summed E-state index contributed by atoms with van der Waals surface area (Å²) >= 11 is 0. The third-order valence-corrected chi connectivity index (χ3v) is 4.97. The third kappa shape index (κ3) is 2.38. The Kier molecular flexibility index (Phi) is 4.45. The van der Waals surface area contributed by atoms with E-state index in [1.54, 1.807) is 0 Å². The molecule has 2 fully saturated rings. The minimum atomic E-state index is 0.368. The highest BCUT2D eigenvalue weighted by Gasteiger charge is 2.53. The first-order valence-corrected chi connectivity index (χ1v) is 7.17. The normalized spacial score (nSPS) is 33.4. The van der Waals surface area contributed by atoms with E-state index >= 15 is 0 Å². The average molecular weight is 241 g/mol. The minimum absolute atomic E-state index is 0.368. The highest BCUT2D eigenvalue weighted by atomic mass is 16.5. The number of nitrogens with one attached hydrogen (secondary N) is 1. The lowest BCUT2D eigenvalue weighted by molar-refractivity contribution is -0.179. The zero-order valence-electron chi connectivity index (χ0n) is 11.5. The molecule has 1 saturated carbocycles. The maximum atomic E-state index is 6.34. The lowest BCUT2D eigenvalue weighted by Crippen LogP contribution is -2.63. The lowest BCUT2D eigenvalue weighted by Gasteiger charge is -2.56. The van der Waals surface area contributed by atoms with E-state index in [1.165, 1.54) is 19.3 Å². The topological polar surface area (TPSA) is 30.5 Å². The van der Waals surface area contributed by atoms with E-state index in [-0.39, 0.29) is 0 Å². The van der Waals surface area contributed by atoms with Crippen LogP contribution in [0.1, 0.15) is 46.0 Å². The molecule has 1 heterocycles. The molecular weight excluding hydrogens is 214 g/mol. The molecule has 0 amide bonds. The fraction of sp³-hybridized carbons (Fsp3) is 1.00. The van der Waals surface area contributed by atoms with Gasteiger partial charge in [0.15, 0.2) is 0 Å². The zero-order chi connectivity index (χ0) is 12.3. The Morgan fingerprint density at radius 2 is 1.88 bits per heavy atom. The largest absolute Gasteiger partial charge is 0.381 e. The van der Waals surface area contributed by atoms with Gasteiger partial charge in [-0.3, -0.25) is 0 Å². The molecule has 2 unspecified atom stereocenters. The van der Waals surface area contributed by atoms with Gasteiger partial charge in [0.1, 0.15) is 0 Å². The summed E-state index contributed by atoms with van der Waals surface area (Å²) in [5, 5.41) is 3.46. The maximum absolute atomic E-state index is 6.34. The number of hydrogen-bond donors (Lipinski definition) is 1. The van der Waals surface area contributed by atoms with E-state index in [2.05, 4.69) is 26.2 Å². The van der Waals surface area contributed by atoms with Crippen LogP contribution in [0.5, 0.6) is 0 Å². The van der Waals surface area contributed by atoms with E-state index in [4.69, 9.17) is 9.47 Å². The molecule has 0 aromatic heterocycles. The van der Waals surface area contributed by atoms with Crippen LogP contribution in [0, 0.1) is 5.41 Å². The van der Waals surface area contributed by atoms with Gasteiger partial charge in [0, 0.05) is 24.7 Å². The van der Waals surface area contributed by atoms with Crippen LogP contribution in [0.25, 0.3) is 0 Å². The molecule has 1 aliphatic heterocycles. The Bertz CT molecular complexity index is 234. The Morgan fingerprint density at radius 1 is 1.24 bits per heavy atom. The van der Waals surface area contributed by atoms with E-state index in [0.29, 0.717) is 23.7 Å². The quantitative estimate of drug-likeness (QED) is 0.801. The fourth-order valence-corrected chi connectivity index (χ4v) is 3.59. The molecule has 3 heteroatoms. The molecule has 0 radical (unpaired) electrons. The summed E-state index contributed by atoms with van der Waals surface area (Å²) in [4.78, 5) is 0. The van der Waals surface area contributed by atoms with E-state index < -0.39 is 0 Å². The van der Waals surface area contributed by atoms with Crippen LogP contribution in [0.2, 0.25) is 0 Å². The molecule has 1 saturated heterocycles. The van der Waals surface area contributed by atoms with Gasteiger partial charge in [-0.2, -0.15) is 0 Å². The first-order chi connectivity index (χ1) is 8.26. The van der Waals surface area contributed by atoms with Crippen molar-refractivity contribution in [3.05, 3.63) is 0 Å². The van der Waals surface area contributed by atoms with Crippen LogP contribution in [-0.2, 0) is 9.47 Å². The summed E-state index contributed by atoms with van der Waals surface area (Å²) in [7, 11) is 2.08. The predicted octanol–water partition coefficient (Wildman–Crippen LogP) is 2.35. The monoisotopic (exact) mass is 241 g/mol. The molecular formula is C14H27NO2. The smallest absolute Gasteiger partial charge is 0.0664 e. The standard InChI is InChI=1S/C14H27NO2/c1-4-14(5-2)12(15-3)10-13(14)17-11-6-8-16-9-7-11/h11-13,15H,4-10H2,1-3H3. The van der Waals surface area contributed by atoms with Gasteiger partial charge < -0.3 is 14.8 Å². The molecule has 2 rings (SSSR count). The molecule has 0 aromatic carbocycles. The van der Waals surface area contributed by atoms with Crippen molar-refractivity contribution in [1.82, 2.24) is 5.32 Å². The second-order valence-electron chi connectivity index (χ2n) is 5.45. The molecule has 2 atom stereocenters. The van der Waals surface area contributed by atoms with Crippen molar-refractivity contribution >= 4 is 0 Å². The van der Waals surface area contributed by atoms with Gasteiger partial charge in [-0.25, -0.2) is 0 Å². The van der Waals surface area contributed by atoms with E-state index in [9.17, 15) is 0 Å². The van der Waals surface area contributed by atoms with Crippen LogP contribution >= 0.6 is 0 Å². The molecule has 0 aromatic rings. The van der Waals surface area contributed by atoms with Gasteiger partial charge in [0.2, 0.25) is 0 Å². The molecule has 0 bridgehead atoms. The first kappa shape index (κ1) is 13.3. The van der Waals surface area contributed by atoms with Crippen molar-refractivity contribution in [2.24, 2.45) is 5.41 Å². The molecule has 2 aliphatic rings. The lowest BCUT2D eigenvalue weighted by atomic mass is 9.58. The summed E-state index contributed by atoms with van der Waals surface area (Å²) in [6.45, 7) is 6.34. The predicted molar refractivity (Wildman–Crippen MR) is 69.2 cm³/mol. The fourth-order valence-electron chi connectivity index (χ4n) is 3.59. The summed E-state index contributed by atoms with van der Waals surface area (Å²) in [5.74, 6) is 0. The molecule has 1 aliphatic carbocycles. The van der Waals surface area contributed by atoms with Gasteiger partial charge in [-0.15, -0.1) is 0 Å². The Hall–Kier alpha value is -0.120. The van der Waals surface area contributed by atoms with Crippen LogP contribution in [-0.4, -0.2) is 38.5 Å². The van der Waals surface area contributed by atoms with Gasteiger partial charge in [0.05, 0.1) is 12.2 Å². The Balaban J connectivity index is 1.92. The van der Waals surface area contributed by atoms with Crippen LogP contribution in [0.3, 0.4) is 0 Å². The average Bonchev–Trinajstić information content (AvgIpc) is 2.37. The number of rotatable bonds is 5. The van der Waals surface area contributed by atoms with Crippen molar-refractivity contribution in [3.63, 3.8) is 0 Å². The summed E-state index contributed by atoms with van der Waals surface area (Å²) in [5.41, 5.74) is 0.368. The van der Waals surface area contributed by atoms with Crippen molar-refractivity contribution < 1.29 is 9.47 Å². The highest BCUT2D eigenvalue weighted by Crippen LogP contribution is 2.49. The zero-order valence-corrected chi connectivity index (χ0v) is 11.5. The summed E-state index contributed by atoms with van der Waals surface area (Å²) in [6, 6.07) is 0.641. The van der Waals surface area contributed by atoms with Crippen LogP contribution < -0.4 is 5.32 Å². The second kappa shape index (κ2) is 5.68. The van der Waals surface area contributed by atoms with E-state index in [0.717, 1.165) is 26.1 Å². The van der Waals surface area contributed by atoms with Crippen LogP contribution in [0.4, 0.5) is 0 Å². The number of ether oxygens (including phenoxy) is 2. The number of hydrogen-bond acceptors (Lipinski definition) is 3. The van der Waals surface area contributed by atoms with Crippen molar-refractivity contribution in [2.75, 3.05) is 20.3 Å². The minimum Gasteiger partial charge on any atom is -0.381 e. The first-order valence-electron chi connectivity index (χ1n) is 7.17. The molecule has 3 nitrogen and oxygen atoms in total. The van der Waals surface area contributed by atoms with Gasteiger partial charge in [0.25, 0.3) is 0 Å². The second-order valence-corrected chi connectivity index (χ2v) is 5.45. The van der Waals surface area contributed by atoms with Crippen molar-refractivity contribution in [1.29, 1.82) is 0 Å². The SMILES string of the molecule is CCC1(CC)C(NC)CC1OC1CCOCC1. The van der Waals surface area contributed by atoms with Crippen molar-refractivity contribution in [3.8, 4) is 0 Å². The maximum Gasteiger partial charge on any atom is 0.0664 e. The van der Waals surface area contributed by atoms with E-state index in [1.807, 2.05) is 0 Å². The Morgan fingerprint density at radius 3 is 2.41 bits per heavy atom. The summed E-state index contributed by atoms with van der Waals surface area (Å²) in [6.07, 6.45) is 6.64. The Labute approximate surface area is 105 Å². The molecule has 1 N–H and O–H groups in total.